The molecule has 1 aromatic rings. The molecule has 0 spiro atoms. The number of piperazine rings is 1. The van der Waals surface area contributed by atoms with Crippen molar-refractivity contribution < 1.29 is 4.74 Å². The van der Waals surface area contributed by atoms with Crippen molar-refractivity contribution in [3.05, 3.63) is 30.3 Å². The van der Waals surface area contributed by atoms with E-state index in [0.717, 1.165) is 32.8 Å². The molecule has 112 valence electrons. The molecule has 2 rings (SSSR count). The number of nitrogens with zero attached hydrogens (tertiary/aromatic N) is 2. The van der Waals surface area contributed by atoms with Gasteiger partial charge in [0.15, 0.2) is 0 Å². The molecule has 20 heavy (non-hydrogen) atoms. The van der Waals surface area contributed by atoms with Crippen molar-refractivity contribution in [2.24, 2.45) is 11.7 Å². The van der Waals surface area contributed by atoms with Gasteiger partial charge in [0, 0.05) is 51.6 Å². The third kappa shape index (κ3) is 3.72. The predicted molar refractivity (Wildman–Crippen MR) is 84.1 cm³/mol. The minimum absolute atomic E-state index is 0.424. The summed E-state index contributed by atoms with van der Waals surface area (Å²) in [5, 5.41) is 0. The standard InChI is InChI=1S/C16H27N3O/c1-14(13-20-2)16(12-17)19-10-8-18(9-11-19)15-6-4-3-5-7-15/h3-7,14,16H,8-13,17H2,1-2H3. The summed E-state index contributed by atoms with van der Waals surface area (Å²) in [5.74, 6) is 0.480. The lowest BCUT2D eigenvalue weighted by Gasteiger charge is -2.41. The first-order chi connectivity index (χ1) is 9.76. The van der Waals surface area contributed by atoms with Crippen LogP contribution in [-0.2, 0) is 4.74 Å². The molecule has 1 aliphatic rings. The molecule has 2 unspecified atom stereocenters. The van der Waals surface area contributed by atoms with Crippen molar-refractivity contribution in [2.45, 2.75) is 13.0 Å². The quantitative estimate of drug-likeness (QED) is 0.854. The van der Waals surface area contributed by atoms with Crippen molar-refractivity contribution in [3.63, 3.8) is 0 Å². The lowest BCUT2D eigenvalue weighted by Crippen LogP contribution is -2.55. The fourth-order valence-corrected chi connectivity index (χ4v) is 3.07. The molecule has 4 heteroatoms. The Morgan fingerprint density at radius 2 is 1.80 bits per heavy atom. The molecular weight excluding hydrogens is 250 g/mol. The van der Waals surface area contributed by atoms with E-state index in [1.807, 2.05) is 0 Å². The van der Waals surface area contributed by atoms with Gasteiger partial charge < -0.3 is 15.4 Å². The van der Waals surface area contributed by atoms with Crippen LogP contribution in [0.3, 0.4) is 0 Å². The molecule has 1 heterocycles. The van der Waals surface area contributed by atoms with Crippen LogP contribution in [0.2, 0.25) is 0 Å². The van der Waals surface area contributed by atoms with Crippen LogP contribution in [-0.4, -0.2) is 57.4 Å². The molecule has 4 nitrogen and oxygen atoms in total. The van der Waals surface area contributed by atoms with E-state index in [-0.39, 0.29) is 0 Å². The van der Waals surface area contributed by atoms with Gasteiger partial charge in [0.05, 0.1) is 6.61 Å². The smallest absolute Gasteiger partial charge is 0.0503 e. The maximum Gasteiger partial charge on any atom is 0.0503 e. The van der Waals surface area contributed by atoms with Gasteiger partial charge in [-0.15, -0.1) is 0 Å². The summed E-state index contributed by atoms with van der Waals surface area (Å²) in [5.41, 5.74) is 7.29. The van der Waals surface area contributed by atoms with Crippen molar-refractivity contribution in [1.82, 2.24) is 4.90 Å². The Kier molecular flexibility index (Phi) is 5.83. The lowest BCUT2D eigenvalue weighted by atomic mass is 10.0. The maximum atomic E-state index is 5.97. The molecule has 0 amide bonds. The van der Waals surface area contributed by atoms with Crippen LogP contribution in [0.1, 0.15) is 6.92 Å². The van der Waals surface area contributed by atoms with Crippen molar-refractivity contribution >= 4 is 5.69 Å². The Balaban J connectivity index is 1.90. The first-order valence-corrected chi connectivity index (χ1v) is 7.49. The number of rotatable bonds is 6. The molecule has 2 N–H and O–H groups in total. The van der Waals surface area contributed by atoms with Crippen LogP contribution < -0.4 is 10.6 Å². The largest absolute Gasteiger partial charge is 0.384 e. The fraction of sp³-hybridized carbons (Fsp3) is 0.625. The van der Waals surface area contributed by atoms with E-state index in [2.05, 4.69) is 47.1 Å². The Bertz CT molecular complexity index is 377. The average molecular weight is 277 g/mol. The van der Waals surface area contributed by atoms with E-state index in [4.69, 9.17) is 10.5 Å². The summed E-state index contributed by atoms with van der Waals surface area (Å²) >= 11 is 0. The number of methoxy groups -OCH3 is 1. The van der Waals surface area contributed by atoms with Crippen LogP contribution in [0.25, 0.3) is 0 Å². The molecule has 0 bridgehead atoms. The SMILES string of the molecule is COCC(C)C(CN)N1CCN(c2ccccc2)CC1. The molecule has 0 aromatic heterocycles. The van der Waals surface area contributed by atoms with Gasteiger partial charge in [-0.2, -0.15) is 0 Å². The van der Waals surface area contributed by atoms with Crippen LogP contribution >= 0.6 is 0 Å². The van der Waals surface area contributed by atoms with E-state index in [0.29, 0.717) is 18.5 Å². The molecule has 1 aromatic carbocycles. The lowest BCUT2D eigenvalue weighted by molar-refractivity contribution is 0.0815. The van der Waals surface area contributed by atoms with Gasteiger partial charge in [-0.3, -0.25) is 4.90 Å². The van der Waals surface area contributed by atoms with Gasteiger partial charge in [-0.05, 0) is 18.1 Å². The molecule has 1 aliphatic heterocycles. The van der Waals surface area contributed by atoms with Crippen molar-refractivity contribution in [1.29, 1.82) is 0 Å². The molecule has 2 atom stereocenters. The van der Waals surface area contributed by atoms with Gasteiger partial charge in [0.1, 0.15) is 0 Å². The highest BCUT2D eigenvalue weighted by atomic mass is 16.5. The van der Waals surface area contributed by atoms with Gasteiger partial charge in [0.25, 0.3) is 0 Å². The topological polar surface area (TPSA) is 41.7 Å². The van der Waals surface area contributed by atoms with Crippen LogP contribution in [0.5, 0.6) is 0 Å². The summed E-state index contributed by atoms with van der Waals surface area (Å²) in [4.78, 5) is 4.97. The van der Waals surface area contributed by atoms with E-state index in [9.17, 15) is 0 Å². The summed E-state index contributed by atoms with van der Waals surface area (Å²) in [6.45, 7) is 8.00. The second-order valence-electron chi connectivity index (χ2n) is 5.59. The highest BCUT2D eigenvalue weighted by Crippen LogP contribution is 2.18. The van der Waals surface area contributed by atoms with E-state index >= 15 is 0 Å². The first-order valence-electron chi connectivity index (χ1n) is 7.49. The van der Waals surface area contributed by atoms with E-state index in [1.54, 1.807) is 7.11 Å². The van der Waals surface area contributed by atoms with Crippen LogP contribution in [0, 0.1) is 5.92 Å². The Morgan fingerprint density at radius 3 is 2.35 bits per heavy atom. The Labute approximate surface area is 122 Å². The zero-order valence-electron chi connectivity index (χ0n) is 12.7. The van der Waals surface area contributed by atoms with Gasteiger partial charge in [-0.1, -0.05) is 25.1 Å². The summed E-state index contributed by atoms with van der Waals surface area (Å²) in [6, 6.07) is 11.1. The first kappa shape index (κ1) is 15.3. The number of hydrogen-bond donors (Lipinski definition) is 1. The summed E-state index contributed by atoms with van der Waals surface area (Å²) in [6.07, 6.45) is 0. The normalized spacial score (nSPS) is 19.9. The molecule has 0 aliphatic carbocycles. The highest BCUT2D eigenvalue weighted by molar-refractivity contribution is 5.46. The maximum absolute atomic E-state index is 5.97. The second kappa shape index (κ2) is 7.62. The van der Waals surface area contributed by atoms with Gasteiger partial charge >= 0.3 is 0 Å². The number of benzene rings is 1. The molecule has 0 radical (unpaired) electrons. The molecule has 0 saturated carbocycles. The molecular formula is C16H27N3O. The Hall–Kier alpha value is -1.10. The number of ether oxygens (including phenoxy) is 1. The predicted octanol–water partition coefficient (Wildman–Crippen LogP) is 1.42. The second-order valence-corrected chi connectivity index (χ2v) is 5.59. The van der Waals surface area contributed by atoms with E-state index in [1.165, 1.54) is 5.69 Å². The number of nitrogens with two attached hydrogens (primary N) is 1. The van der Waals surface area contributed by atoms with Gasteiger partial charge in [-0.25, -0.2) is 0 Å². The van der Waals surface area contributed by atoms with Crippen molar-refractivity contribution in [2.75, 3.05) is 51.3 Å². The number of hydrogen-bond acceptors (Lipinski definition) is 4. The third-order valence-electron chi connectivity index (χ3n) is 4.23. The van der Waals surface area contributed by atoms with E-state index < -0.39 is 0 Å². The average Bonchev–Trinajstić information content (AvgIpc) is 2.50. The van der Waals surface area contributed by atoms with Gasteiger partial charge in [0.2, 0.25) is 0 Å². The summed E-state index contributed by atoms with van der Waals surface area (Å²) in [7, 11) is 1.76. The minimum atomic E-state index is 0.424. The Morgan fingerprint density at radius 1 is 1.15 bits per heavy atom. The zero-order valence-corrected chi connectivity index (χ0v) is 12.7. The molecule has 1 fully saturated rings. The molecule has 1 saturated heterocycles. The minimum Gasteiger partial charge on any atom is -0.384 e. The van der Waals surface area contributed by atoms with Crippen LogP contribution in [0.4, 0.5) is 5.69 Å². The van der Waals surface area contributed by atoms with Crippen LogP contribution in [0.15, 0.2) is 30.3 Å². The number of anilines is 1. The number of para-hydroxylation sites is 1. The monoisotopic (exact) mass is 277 g/mol. The zero-order chi connectivity index (χ0) is 14.4. The van der Waals surface area contributed by atoms with Crippen molar-refractivity contribution in [3.8, 4) is 0 Å². The fourth-order valence-electron chi connectivity index (χ4n) is 3.07. The highest BCUT2D eigenvalue weighted by Gasteiger charge is 2.26. The summed E-state index contributed by atoms with van der Waals surface area (Å²) < 4.78 is 5.28. The third-order valence-corrected chi connectivity index (χ3v) is 4.23.